The van der Waals surface area contributed by atoms with Crippen LogP contribution in [0.25, 0.3) is 11.8 Å². The summed E-state index contributed by atoms with van der Waals surface area (Å²) in [7, 11) is 1.58. The van der Waals surface area contributed by atoms with E-state index in [1.807, 2.05) is 49.4 Å². The smallest absolute Gasteiger partial charge is 0.338 e. The Bertz CT molecular complexity index is 1870. The lowest BCUT2D eigenvalue weighted by Crippen LogP contribution is -2.40. The number of rotatable bonds is 10. The van der Waals surface area contributed by atoms with Crippen LogP contribution in [-0.2, 0) is 16.0 Å². The summed E-state index contributed by atoms with van der Waals surface area (Å²) >= 11 is 1.22. The zero-order valence-corrected chi connectivity index (χ0v) is 25.0. The van der Waals surface area contributed by atoms with E-state index in [4.69, 9.17) is 19.2 Å². The molecule has 0 spiro atoms. The van der Waals surface area contributed by atoms with Crippen LogP contribution < -0.4 is 24.4 Å². The fraction of sp³-hybridized carbons (Fsp3) is 0.206. The number of methoxy groups -OCH3 is 1. The molecule has 9 heteroatoms. The van der Waals surface area contributed by atoms with E-state index in [1.165, 1.54) is 11.3 Å². The molecule has 0 unspecified atom stereocenters. The van der Waals surface area contributed by atoms with E-state index in [0.29, 0.717) is 56.2 Å². The van der Waals surface area contributed by atoms with E-state index >= 15 is 0 Å². The predicted octanol–water partition coefficient (Wildman–Crippen LogP) is 4.78. The van der Waals surface area contributed by atoms with E-state index in [-0.39, 0.29) is 23.5 Å². The first-order chi connectivity index (χ1) is 20.9. The highest BCUT2D eigenvalue weighted by Crippen LogP contribution is 2.36. The highest BCUT2D eigenvalue weighted by Gasteiger charge is 2.35. The van der Waals surface area contributed by atoms with E-state index in [1.54, 1.807) is 55.0 Å². The summed E-state index contributed by atoms with van der Waals surface area (Å²) in [4.78, 5) is 33.1. The van der Waals surface area contributed by atoms with Crippen LogP contribution in [0, 0.1) is 0 Å². The summed E-state index contributed by atoms with van der Waals surface area (Å²) in [6.07, 6.45) is 3.87. The van der Waals surface area contributed by atoms with Crippen molar-refractivity contribution >= 4 is 29.1 Å². The predicted molar refractivity (Wildman–Crippen MR) is 167 cm³/mol. The lowest BCUT2D eigenvalue weighted by atomic mass is 9.93. The van der Waals surface area contributed by atoms with Crippen LogP contribution in [0.15, 0.2) is 94.7 Å². The lowest BCUT2D eigenvalue weighted by Gasteiger charge is -2.26. The van der Waals surface area contributed by atoms with Crippen LogP contribution >= 0.6 is 11.3 Å². The maximum atomic E-state index is 14.2. The van der Waals surface area contributed by atoms with Crippen molar-refractivity contribution in [2.75, 3.05) is 20.3 Å². The molecule has 1 aliphatic rings. The zero-order chi connectivity index (χ0) is 30.5. The molecule has 8 nitrogen and oxygen atoms in total. The Hall–Kier alpha value is -4.89. The van der Waals surface area contributed by atoms with Gasteiger partial charge in [0.2, 0.25) is 0 Å². The van der Waals surface area contributed by atoms with Gasteiger partial charge in [-0.1, -0.05) is 59.9 Å². The Kier molecular flexibility index (Phi) is 8.92. The lowest BCUT2D eigenvalue weighted by molar-refractivity contribution is -0.138. The monoisotopic (exact) mass is 596 g/mol. The molecule has 0 radical (unpaired) electrons. The summed E-state index contributed by atoms with van der Waals surface area (Å²) in [5.74, 6) is 0.474. The third-order valence-electron chi connectivity index (χ3n) is 6.94. The molecule has 1 atom stereocenters. The number of thiazole rings is 1. The molecule has 1 aliphatic heterocycles. The molecule has 0 bridgehead atoms. The van der Waals surface area contributed by atoms with E-state index in [0.717, 1.165) is 5.56 Å². The molecule has 220 valence electrons. The molecular formula is C34H32N2O6S. The Labute approximate surface area is 253 Å². The number of hydrogen-bond donors (Lipinski definition) is 1. The Morgan fingerprint density at radius 2 is 1.84 bits per heavy atom. The summed E-state index contributed by atoms with van der Waals surface area (Å²) in [5, 5.41) is 10.7. The van der Waals surface area contributed by atoms with Crippen LogP contribution in [0.1, 0.15) is 42.1 Å². The molecule has 1 N–H and O–H groups in total. The van der Waals surface area contributed by atoms with E-state index in [9.17, 15) is 14.7 Å². The van der Waals surface area contributed by atoms with Gasteiger partial charge in [-0.25, -0.2) is 9.79 Å². The number of carbonyl (C=O) groups is 1. The van der Waals surface area contributed by atoms with Gasteiger partial charge in [0, 0.05) is 11.1 Å². The highest BCUT2D eigenvalue weighted by molar-refractivity contribution is 7.07. The first-order valence-corrected chi connectivity index (χ1v) is 14.7. The average molecular weight is 597 g/mol. The number of carbonyl (C=O) groups excluding carboxylic acids is 1. The number of fused-ring (bicyclic) bond motifs is 1. The normalized spacial score (nSPS) is 14.6. The van der Waals surface area contributed by atoms with Crippen molar-refractivity contribution < 1.29 is 24.1 Å². The van der Waals surface area contributed by atoms with Crippen molar-refractivity contribution in [2.24, 2.45) is 4.99 Å². The molecule has 43 heavy (non-hydrogen) atoms. The topological polar surface area (TPSA) is 99.4 Å². The van der Waals surface area contributed by atoms with Crippen molar-refractivity contribution in [3.63, 3.8) is 0 Å². The number of benzene rings is 3. The minimum absolute atomic E-state index is 0.0476. The van der Waals surface area contributed by atoms with Gasteiger partial charge in [0.15, 0.2) is 16.3 Å². The number of ether oxygens (including phenoxy) is 3. The van der Waals surface area contributed by atoms with Crippen LogP contribution in [0.5, 0.6) is 17.2 Å². The van der Waals surface area contributed by atoms with Crippen LogP contribution in [-0.4, -0.2) is 36.0 Å². The molecule has 0 saturated carbocycles. The number of allylic oxidation sites excluding steroid dienone is 1. The average Bonchev–Trinajstić information content (AvgIpc) is 3.33. The Balaban J connectivity index is 1.79. The molecule has 0 aliphatic carbocycles. The quantitative estimate of drug-likeness (QED) is 0.209. The maximum Gasteiger partial charge on any atom is 0.338 e. The van der Waals surface area contributed by atoms with Gasteiger partial charge in [-0.15, -0.1) is 6.58 Å². The highest BCUT2D eigenvalue weighted by atomic mass is 32.1. The number of aromatic hydroxyl groups is 1. The van der Waals surface area contributed by atoms with Crippen molar-refractivity contribution in [1.82, 2.24) is 4.57 Å². The van der Waals surface area contributed by atoms with E-state index < -0.39 is 12.0 Å². The number of phenols is 1. The van der Waals surface area contributed by atoms with E-state index in [2.05, 4.69) is 6.58 Å². The first kappa shape index (κ1) is 29.6. The van der Waals surface area contributed by atoms with Gasteiger partial charge < -0.3 is 19.3 Å². The van der Waals surface area contributed by atoms with Gasteiger partial charge in [-0.3, -0.25) is 9.36 Å². The van der Waals surface area contributed by atoms with Gasteiger partial charge in [0.1, 0.15) is 5.75 Å². The van der Waals surface area contributed by atoms with Gasteiger partial charge >= 0.3 is 5.97 Å². The molecule has 4 aromatic rings. The van der Waals surface area contributed by atoms with Crippen molar-refractivity contribution in [2.45, 2.75) is 26.3 Å². The molecule has 0 fully saturated rings. The molecule has 1 aromatic heterocycles. The third-order valence-corrected chi connectivity index (χ3v) is 7.93. The molecule has 5 rings (SSSR count). The third kappa shape index (κ3) is 5.89. The van der Waals surface area contributed by atoms with Gasteiger partial charge in [-0.05, 0) is 61.7 Å². The number of nitrogens with zero attached hydrogens (tertiary/aromatic N) is 2. The molecular weight excluding hydrogens is 564 g/mol. The summed E-state index contributed by atoms with van der Waals surface area (Å²) in [6.45, 7) is 7.90. The Morgan fingerprint density at radius 1 is 1.09 bits per heavy atom. The van der Waals surface area contributed by atoms with Crippen LogP contribution in [0.4, 0.5) is 0 Å². The summed E-state index contributed by atoms with van der Waals surface area (Å²) < 4.78 is 18.5. The second kappa shape index (κ2) is 13.0. The fourth-order valence-electron chi connectivity index (χ4n) is 5.04. The van der Waals surface area contributed by atoms with Gasteiger partial charge in [0.25, 0.3) is 5.56 Å². The SMILES string of the molecule is C=CCc1cc(/C=c2/sc3n(c2=O)[C@@H](c2ccc(OC)cc2)C(C(=O)OCC)=C(c2ccccc2)N=3)cc(OCC)c1O. The van der Waals surface area contributed by atoms with Gasteiger partial charge in [-0.2, -0.15) is 0 Å². The molecule has 0 amide bonds. The molecule has 0 saturated heterocycles. The van der Waals surface area contributed by atoms with Crippen LogP contribution in [0.3, 0.4) is 0 Å². The second-order valence-electron chi connectivity index (χ2n) is 9.66. The van der Waals surface area contributed by atoms with Crippen molar-refractivity contribution in [3.05, 3.63) is 127 Å². The number of aromatic nitrogens is 1. The van der Waals surface area contributed by atoms with Gasteiger partial charge in [0.05, 0.1) is 42.2 Å². The summed E-state index contributed by atoms with van der Waals surface area (Å²) in [5.41, 5.74) is 3.16. The van der Waals surface area contributed by atoms with Crippen molar-refractivity contribution in [1.29, 1.82) is 0 Å². The molecule has 2 heterocycles. The Morgan fingerprint density at radius 3 is 2.49 bits per heavy atom. The summed E-state index contributed by atoms with van der Waals surface area (Å²) in [6, 6.07) is 19.4. The van der Waals surface area contributed by atoms with Crippen LogP contribution in [0.2, 0.25) is 0 Å². The first-order valence-electron chi connectivity index (χ1n) is 13.9. The second-order valence-corrected chi connectivity index (χ2v) is 10.7. The minimum Gasteiger partial charge on any atom is -0.504 e. The standard InChI is InChI=1S/C34H32N2O6S/c1-5-11-24-18-21(19-26(31(24)37)41-6-2)20-27-32(38)36-30(23-14-16-25(40-4)17-15-23)28(33(39)42-7-3)29(35-34(36)43-27)22-12-9-8-10-13-22/h5,8-10,12-20,30,37H,1,6-7,11H2,2-4H3/b27-20+/t30-/m0/s1. The zero-order valence-electron chi connectivity index (χ0n) is 24.2. The molecule has 3 aromatic carbocycles. The number of phenolic OH excluding ortho intramolecular Hbond substituents is 1. The number of esters is 1. The minimum atomic E-state index is -0.798. The van der Waals surface area contributed by atoms with Crippen molar-refractivity contribution in [3.8, 4) is 17.2 Å². The number of hydrogen-bond acceptors (Lipinski definition) is 8. The largest absolute Gasteiger partial charge is 0.504 e. The maximum absolute atomic E-state index is 14.2. The fourth-order valence-corrected chi connectivity index (χ4v) is 6.04.